The zero-order valence-corrected chi connectivity index (χ0v) is 19.5. The average molecular weight is 419 g/mol. The summed E-state index contributed by atoms with van der Waals surface area (Å²) in [7, 11) is 0. The fourth-order valence-electron chi connectivity index (χ4n) is 8.74. The lowest BCUT2D eigenvalue weighted by molar-refractivity contribution is -0.144. The molecule has 1 aromatic rings. The van der Waals surface area contributed by atoms with Crippen LogP contribution in [-0.2, 0) is 4.79 Å². The van der Waals surface area contributed by atoms with Crippen LogP contribution in [0.5, 0.6) is 0 Å². The highest BCUT2D eigenvalue weighted by molar-refractivity contribution is 5.79. The predicted octanol–water partition coefficient (Wildman–Crippen LogP) is 6.02. The van der Waals surface area contributed by atoms with Crippen LogP contribution in [0.15, 0.2) is 30.3 Å². The third-order valence-corrected chi connectivity index (χ3v) is 10.4. The summed E-state index contributed by atoms with van der Waals surface area (Å²) >= 11 is 0. The van der Waals surface area contributed by atoms with E-state index >= 15 is 0 Å². The van der Waals surface area contributed by atoms with E-state index in [9.17, 15) is 9.90 Å². The molecule has 1 aromatic carbocycles. The smallest absolute Gasteiger partial charge is 0.133 e. The van der Waals surface area contributed by atoms with Crippen molar-refractivity contribution in [3.63, 3.8) is 0 Å². The standard InChI is InChI=1S/C29H38O2/c1-20(30)24-11-12-25-23-10-9-22-19-29(31,16-13-21-7-5-4-6-8-21)18-17-27(22,2)26(23)14-15-28(24,25)3/h4-8,22-26,31H,9-12,14-15,17-19H2,1-3H3/t22-,23-,24+,25-,26-,27-,28+,29+/m0/s1. The first-order valence-electron chi connectivity index (χ1n) is 12.6. The minimum Gasteiger partial charge on any atom is -0.378 e. The van der Waals surface area contributed by atoms with Crippen LogP contribution in [-0.4, -0.2) is 16.5 Å². The summed E-state index contributed by atoms with van der Waals surface area (Å²) < 4.78 is 0. The summed E-state index contributed by atoms with van der Waals surface area (Å²) in [5.74, 6) is 10.0. The van der Waals surface area contributed by atoms with Crippen molar-refractivity contribution in [1.29, 1.82) is 0 Å². The number of Topliss-reactive ketones (excluding diaryl/α,β-unsaturated/α-hetero) is 1. The first kappa shape index (κ1) is 21.3. The first-order chi connectivity index (χ1) is 14.8. The van der Waals surface area contributed by atoms with Gasteiger partial charge in [-0.15, -0.1) is 0 Å². The number of aliphatic hydroxyl groups is 1. The second-order valence-corrected chi connectivity index (χ2v) is 11.8. The molecule has 0 bridgehead atoms. The van der Waals surface area contributed by atoms with E-state index in [0.717, 1.165) is 49.0 Å². The van der Waals surface area contributed by atoms with Crippen LogP contribution in [0.2, 0.25) is 0 Å². The molecule has 0 heterocycles. The summed E-state index contributed by atoms with van der Waals surface area (Å²) in [5.41, 5.74) is 0.690. The molecule has 0 radical (unpaired) electrons. The number of carbonyl (C=O) groups is 1. The van der Waals surface area contributed by atoms with Gasteiger partial charge in [-0.1, -0.05) is 43.9 Å². The maximum absolute atomic E-state index is 12.4. The highest BCUT2D eigenvalue weighted by Crippen LogP contribution is 2.68. The van der Waals surface area contributed by atoms with E-state index in [1.165, 1.54) is 32.1 Å². The van der Waals surface area contributed by atoms with E-state index in [2.05, 4.69) is 25.7 Å². The van der Waals surface area contributed by atoms with E-state index in [1.54, 1.807) is 0 Å². The normalized spacial score (nSPS) is 46.1. The lowest BCUT2D eigenvalue weighted by Crippen LogP contribution is -2.56. The van der Waals surface area contributed by atoms with Gasteiger partial charge in [0.1, 0.15) is 11.4 Å². The molecule has 8 atom stereocenters. The predicted molar refractivity (Wildman–Crippen MR) is 124 cm³/mol. The van der Waals surface area contributed by atoms with Crippen LogP contribution >= 0.6 is 0 Å². The van der Waals surface area contributed by atoms with E-state index < -0.39 is 5.60 Å². The number of benzene rings is 1. The van der Waals surface area contributed by atoms with Gasteiger partial charge in [-0.25, -0.2) is 0 Å². The Bertz CT molecular complexity index is 910. The van der Waals surface area contributed by atoms with E-state index in [1.807, 2.05) is 37.3 Å². The van der Waals surface area contributed by atoms with Gasteiger partial charge in [0, 0.05) is 11.5 Å². The Morgan fingerprint density at radius 2 is 1.68 bits per heavy atom. The molecule has 0 saturated heterocycles. The van der Waals surface area contributed by atoms with Gasteiger partial charge in [0.05, 0.1) is 0 Å². The van der Waals surface area contributed by atoms with Crippen molar-refractivity contribution in [3.8, 4) is 11.8 Å². The van der Waals surface area contributed by atoms with Crippen molar-refractivity contribution in [2.24, 2.45) is 40.4 Å². The van der Waals surface area contributed by atoms with Gasteiger partial charge in [-0.2, -0.15) is 0 Å². The van der Waals surface area contributed by atoms with Gasteiger partial charge in [0.15, 0.2) is 0 Å². The van der Waals surface area contributed by atoms with Crippen LogP contribution in [0.1, 0.15) is 84.1 Å². The van der Waals surface area contributed by atoms with Crippen molar-refractivity contribution in [1.82, 2.24) is 0 Å². The Balaban J connectivity index is 1.35. The number of rotatable bonds is 1. The monoisotopic (exact) mass is 418 g/mol. The lowest BCUT2D eigenvalue weighted by atomic mass is 9.44. The van der Waals surface area contributed by atoms with Crippen molar-refractivity contribution < 1.29 is 9.90 Å². The van der Waals surface area contributed by atoms with E-state index in [-0.39, 0.29) is 11.3 Å². The largest absolute Gasteiger partial charge is 0.378 e. The molecule has 0 aromatic heterocycles. The number of fused-ring (bicyclic) bond motifs is 5. The van der Waals surface area contributed by atoms with Gasteiger partial charge in [0.2, 0.25) is 0 Å². The lowest BCUT2D eigenvalue weighted by Gasteiger charge is -2.61. The summed E-state index contributed by atoms with van der Waals surface area (Å²) in [6.45, 7) is 6.78. The van der Waals surface area contributed by atoms with E-state index in [0.29, 0.717) is 17.1 Å². The van der Waals surface area contributed by atoms with Crippen molar-refractivity contribution in [2.45, 2.75) is 84.2 Å². The maximum Gasteiger partial charge on any atom is 0.133 e. The average Bonchev–Trinajstić information content (AvgIpc) is 3.11. The Morgan fingerprint density at radius 1 is 0.935 bits per heavy atom. The number of hydrogen-bond donors (Lipinski definition) is 1. The zero-order chi connectivity index (χ0) is 21.9. The molecule has 31 heavy (non-hydrogen) atoms. The molecule has 0 spiro atoms. The van der Waals surface area contributed by atoms with Crippen molar-refractivity contribution in [2.75, 3.05) is 0 Å². The molecular formula is C29H38O2. The highest BCUT2D eigenvalue weighted by Gasteiger charge is 2.61. The summed E-state index contributed by atoms with van der Waals surface area (Å²) in [6, 6.07) is 10.0. The third-order valence-electron chi connectivity index (χ3n) is 10.4. The van der Waals surface area contributed by atoms with Gasteiger partial charge in [-0.3, -0.25) is 4.79 Å². The Kier molecular flexibility index (Phi) is 5.13. The summed E-state index contributed by atoms with van der Waals surface area (Å²) in [4.78, 5) is 12.4. The molecule has 0 amide bonds. The Hall–Kier alpha value is -1.59. The maximum atomic E-state index is 12.4. The summed E-state index contributed by atoms with van der Waals surface area (Å²) in [6.07, 6.45) is 10.0. The van der Waals surface area contributed by atoms with Crippen LogP contribution in [0.3, 0.4) is 0 Å². The minimum absolute atomic E-state index is 0.229. The third kappa shape index (κ3) is 3.39. The van der Waals surface area contributed by atoms with Gasteiger partial charge in [0.25, 0.3) is 0 Å². The topological polar surface area (TPSA) is 37.3 Å². The van der Waals surface area contributed by atoms with Gasteiger partial charge >= 0.3 is 0 Å². The molecule has 4 aliphatic carbocycles. The highest BCUT2D eigenvalue weighted by atomic mass is 16.3. The van der Waals surface area contributed by atoms with Crippen LogP contribution in [0.25, 0.3) is 0 Å². The molecule has 166 valence electrons. The number of carbonyl (C=O) groups excluding carboxylic acids is 1. The van der Waals surface area contributed by atoms with Crippen LogP contribution < -0.4 is 0 Å². The van der Waals surface area contributed by atoms with Gasteiger partial charge < -0.3 is 5.11 Å². The first-order valence-corrected chi connectivity index (χ1v) is 12.6. The molecule has 4 saturated carbocycles. The minimum atomic E-state index is -0.844. The molecular weight excluding hydrogens is 380 g/mol. The quantitative estimate of drug-likeness (QED) is 0.567. The fraction of sp³-hybridized carbons (Fsp3) is 0.690. The van der Waals surface area contributed by atoms with Crippen LogP contribution in [0, 0.1) is 52.3 Å². The van der Waals surface area contributed by atoms with Crippen LogP contribution in [0.4, 0.5) is 0 Å². The molecule has 0 aliphatic heterocycles. The molecule has 2 nitrogen and oxygen atoms in total. The van der Waals surface area contributed by atoms with Gasteiger partial charge in [-0.05, 0) is 111 Å². The Labute approximate surface area is 188 Å². The molecule has 4 fully saturated rings. The molecule has 0 unspecified atom stereocenters. The second-order valence-electron chi connectivity index (χ2n) is 11.8. The molecule has 1 N–H and O–H groups in total. The van der Waals surface area contributed by atoms with Crippen molar-refractivity contribution >= 4 is 5.78 Å². The Morgan fingerprint density at radius 3 is 2.42 bits per heavy atom. The SMILES string of the molecule is CC(=O)[C@H]1CC[C@H]2[C@@H]3CC[C@H]4C[C@@](O)(C#Cc5ccccc5)CC[C@]4(C)[C@H]3CC[C@]12C. The second kappa shape index (κ2) is 7.48. The molecule has 5 rings (SSSR count). The number of hydrogen-bond acceptors (Lipinski definition) is 2. The number of ketones is 1. The fourth-order valence-corrected chi connectivity index (χ4v) is 8.74. The zero-order valence-electron chi connectivity index (χ0n) is 19.5. The van der Waals surface area contributed by atoms with Crippen molar-refractivity contribution in [3.05, 3.63) is 35.9 Å². The summed E-state index contributed by atoms with van der Waals surface area (Å²) in [5, 5.41) is 11.4. The molecule has 2 heteroatoms. The molecule has 4 aliphatic rings. The van der Waals surface area contributed by atoms with E-state index in [4.69, 9.17) is 0 Å².